The van der Waals surface area contributed by atoms with Crippen molar-refractivity contribution in [3.05, 3.63) is 53.6 Å². The second-order valence-electron chi connectivity index (χ2n) is 17.7. The quantitative estimate of drug-likeness (QED) is 0.237. The van der Waals surface area contributed by atoms with E-state index in [2.05, 4.69) is 64.8 Å². The van der Waals surface area contributed by atoms with Gasteiger partial charge in [-0.05, 0) is 145 Å². The third-order valence-corrected chi connectivity index (χ3v) is 17.1. The molecule has 6 rings (SSSR count). The van der Waals surface area contributed by atoms with E-state index in [-0.39, 0.29) is 33.5 Å². The van der Waals surface area contributed by atoms with Crippen molar-refractivity contribution in [1.82, 2.24) is 9.03 Å². The van der Waals surface area contributed by atoms with Gasteiger partial charge in [0.05, 0.1) is 11.0 Å². The van der Waals surface area contributed by atoms with Crippen LogP contribution < -0.4 is 4.72 Å². The van der Waals surface area contributed by atoms with Gasteiger partial charge in [-0.1, -0.05) is 65.0 Å². The second kappa shape index (κ2) is 11.1. The first-order valence-corrected chi connectivity index (χ1v) is 19.5. The highest BCUT2D eigenvalue weighted by molar-refractivity contribution is 7.96. The van der Waals surface area contributed by atoms with Gasteiger partial charge in [-0.15, -0.1) is 0 Å². The maximum Gasteiger partial charge on any atom is 0.335 e. The van der Waals surface area contributed by atoms with Crippen molar-refractivity contribution in [3.8, 4) is 0 Å². The number of benzene rings is 1. The lowest BCUT2D eigenvalue weighted by molar-refractivity contribution is -0.224. The van der Waals surface area contributed by atoms with Gasteiger partial charge in [0.25, 0.3) is 0 Å². The van der Waals surface area contributed by atoms with E-state index >= 15 is 0 Å². The lowest BCUT2D eigenvalue weighted by atomic mass is 9.32. The first kappa shape index (κ1) is 34.5. The Morgan fingerprint density at radius 2 is 1.57 bits per heavy atom. The number of amides is 1. The molecule has 0 bridgehead atoms. The minimum absolute atomic E-state index is 0.0408. The summed E-state index contributed by atoms with van der Waals surface area (Å²) in [6.45, 7) is 19.2. The Kier molecular flexibility index (Phi) is 8.12. The number of nitrogens with one attached hydrogen (secondary N) is 1. The Balaban J connectivity index is 1.36. The van der Waals surface area contributed by atoms with Crippen molar-refractivity contribution >= 4 is 33.2 Å². The molecule has 1 aromatic carbocycles. The molecule has 0 heterocycles. The molecule has 10 atom stereocenters. The molecular formula is C40H58N2O4S. The number of rotatable bonds is 6. The summed E-state index contributed by atoms with van der Waals surface area (Å²) in [6.07, 6.45) is 11.8. The Bertz CT molecular complexity index is 1630. The number of hydrogen-bond donors (Lipinski definition) is 2. The van der Waals surface area contributed by atoms with Crippen molar-refractivity contribution in [3.63, 3.8) is 0 Å². The van der Waals surface area contributed by atoms with Crippen molar-refractivity contribution in [2.75, 3.05) is 14.1 Å². The van der Waals surface area contributed by atoms with Crippen LogP contribution in [0.2, 0.25) is 0 Å². The summed E-state index contributed by atoms with van der Waals surface area (Å²) in [6, 6.07) is 7.47. The predicted molar refractivity (Wildman–Crippen MR) is 193 cm³/mol. The van der Waals surface area contributed by atoms with Crippen LogP contribution in [0.4, 0.5) is 0 Å². The monoisotopic (exact) mass is 662 g/mol. The van der Waals surface area contributed by atoms with Crippen molar-refractivity contribution in [2.45, 2.75) is 99.3 Å². The second-order valence-corrected chi connectivity index (χ2v) is 19.9. The van der Waals surface area contributed by atoms with Gasteiger partial charge in [-0.3, -0.25) is 9.52 Å². The standard InChI is InChI=1S/C40H58N2O4S/c1-25(2)28-17-22-40(35(45)41-47(10,46)42(8)9)24-23-38(6)30(33(28)40)15-16-32-37(5)20-18-29(26-11-13-27(14-12-26)34(43)44)36(3,4)31(37)19-21-39(32,38)7/h11-14,18,28,30-33H,1,10,15-17,19-24H2,2-9H3,(H,43,44)(H,41,45,46)/t28-,30+,31-,32+,33+,37-,38+,39+,40-,47?/m0/s1. The van der Waals surface area contributed by atoms with E-state index in [9.17, 15) is 18.9 Å². The van der Waals surface area contributed by atoms with Crippen LogP contribution in [-0.4, -0.2) is 45.5 Å². The Labute approximate surface area is 284 Å². The maximum atomic E-state index is 14.3. The van der Waals surface area contributed by atoms with Gasteiger partial charge in [0.1, 0.15) is 9.89 Å². The lowest BCUT2D eigenvalue weighted by Crippen LogP contribution is -2.66. The minimum Gasteiger partial charge on any atom is -0.478 e. The molecule has 1 unspecified atom stereocenters. The Morgan fingerprint density at radius 1 is 0.915 bits per heavy atom. The van der Waals surface area contributed by atoms with E-state index in [1.807, 2.05) is 12.1 Å². The first-order chi connectivity index (χ1) is 21.8. The van der Waals surface area contributed by atoms with E-state index in [4.69, 9.17) is 0 Å². The van der Waals surface area contributed by atoms with Gasteiger partial charge in [0.2, 0.25) is 5.91 Å². The topological polar surface area (TPSA) is 86.7 Å². The zero-order chi connectivity index (χ0) is 34.5. The van der Waals surface area contributed by atoms with Gasteiger partial charge in [0.15, 0.2) is 0 Å². The Hall–Kier alpha value is -2.38. The van der Waals surface area contributed by atoms with Crippen LogP contribution in [0.15, 0.2) is 42.5 Å². The molecule has 1 amide bonds. The molecule has 0 spiro atoms. The number of carboxylic acids is 1. The molecular weight excluding hydrogens is 605 g/mol. The summed E-state index contributed by atoms with van der Waals surface area (Å²) >= 11 is 0. The summed E-state index contributed by atoms with van der Waals surface area (Å²) in [5.74, 6) is 4.94. The molecule has 2 N–H and O–H groups in total. The van der Waals surface area contributed by atoms with Gasteiger partial charge in [0, 0.05) is 14.1 Å². The number of carbonyl (C=O) groups is 2. The number of hydrogen-bond acceptors (Lipinski definition) is 3. The predicted octanol–water partition coefficient (Wildman–Crippen LogP) is 8.26. The maximum absolute atomic E-state index is 14.3. The molecule has 0 aliphatic heterocycles. The molecule has 5 aliphatic carbocycles. The number of carboxylic acid groups (broad SMARTS) is 1. The highest BCUT2D eigenvalue weighted by Crippen LogP contribution is 2.77. The molecule has 1 aromatic rings. The zero-order valence-corrected chi connectivity index (χ0v) is 30.9. The number of allylic oxidation sites excluding steroid dienone is 3. The Morgan fingerprint density at radius 3 is 2.17 bits per heavy atom. The molecule has 4 saturated carbocycles. The third kappa shape index (κ3) is 4.79. The van der Waals surface area contributed by atoms with Crippen LogP contribution in [-0.2, 0) is 14.7 Å². The summed E-state index contributed by atoms with van der Waals surface area (Å²) < 4.78 is 17.8. The summed E-state index contributed by atoms with van der Waals surface area (Å²) in [5.41, 5.74) is 3.80. The van der Waals surface area contributed by atoms with Crippen molar-refractivity contribution in [2.24, 2.45) is 56.7 Å². The van der Waals surface area contributed by atoms with E-state index in [0.29, 0.717) is 29.2 Å². The number of fused-ring (bicyclic) bond motifs is 7. The van der Waals surface area contributed by atoms with Crippen LogP contribution in [0.25, 0.3) is 5.57 Å². The van der Waals surface area contributed by atoms with Gasteiger partial charge < -0.3 is 5.11 Å². The third-order valence-electron chi connectivity index (χ3n) is 15.4. The minimum atomic E-state index is -2.89. The fourth-order valence-electron chi connectivity index (χ4n) is 12.8. The van der Waals surface area contributed by atoms with Crippen molar-refractivity contribution < 1.29 is 18.9 Å². The average molecular weight is 663 g/mol. The molecule has 4 fully saturated rings. The fraction of sp³-hybridized carbons (Fsp3) is 0.675. The van der Waals surface area contributed by atoms with Crippen molar-refractivity contribution in [1.29, 1.82) is 0 Å². The summed E-state index contributed by atoms with van der Waals surface area (Å²) in [7, 11) is 0.543. The molecule has 258 valence electrons. The smallest absolute Gasteiger partial charge is 0.335 e. The largest absolute Gasteiger partial charge is 0.478 e. The zero-order valence-electron chi connectivity index (χ0n) is 30.1. The van der Waals surface area contributed by atoms with E-state index in [1.165, 1.54) is 21.9 Å². The molecule has 47 heavy (non-hydrogen) atoms. The molecule has 5 aliphatic rings. The van der Waals surface area contributed by atoms with E-state index < -0.39 is 21.3 Å². The normalized spacial score (nSPS) is 41.7. The van der Waals surface area contributed by atoms with Gasteiger partial charge in [-0.2, -0.15) is 0 Å². The first-order valence-electron chi connectivity index (χ1n) is 17.8. The van der Waals surface area contributed by atoms with Crippen LogP contribution >= 0.6 is 0 Å². The highest BCUT2D eigenvalue weighted by atomic mass is 32.2. The molecule has 6 nitrogen and oxygen atoms in total. The highest BCUT2D eigenvalue weighted by Gasteiger charge is 2.71. The SMILES string of the molecule is C=C(C)[C@@H]1CC[C@]2(C(=O)NS(=C)(=O)N(C)C)CC[C@]3(C)[C@H](CC[C@@H]4[C@@]5(C)CC=C(c6ccc(C(=O)O)cc6)C(C)(C)[C@@H]5CC[C@]43C)[C@@H]12. The van der Waals surface area contributed by atoms with E-state index in [0.717, 1.165) is 56.9 Å². The number of carbonyl (C=O) groups excluding carboxylic acids is 1. The fourth-order valence-corrected chi connectivity index (χ4v) is 13.4. The van der Waals surface area contributed by atoms with Crippen LogP contribution in [0, 0.1) is 56.7 Å². The van der Waals surface area contributed by atoms with Crippen LogP contribution in [0.5, 0.6) is 0 Å². The van der Waals surface area contributed by atoms with Gasteiger partial charge in [-0.25, -0.2) is 13.3 Å². The molecule has 0 aromatic heterocycles. The summed E-state index contributed by atoms with van der Waals surface area (Å²) in [4.78, 5) is 25.8. The summed E-state index contributed by atoms with van der Waals surface area (Å²) in [5, 5.41) is 9.46. The van der Waals surface area contributed by atoms with E-state index in [1.54, 1.807) is 26.2 Å². The van der Waals surface area contributed by atoms with Crippen LogP contribution in [0.1, 0.15) is 115 Å². The molecule has 0 radical (unpaired) electrons. The van der Waals surface area contributed by atoms with Crippen LogP contribution in [0.3, 0.4) is 0 Å². The average Bonchev–Trinajstić information content (AvgIpc) is 3.38. The lowest BCUT2D eigenvalue weighted by Gasteiger charge is -2.72. The number of nitrogens with zero attached hydrogens (tertiary/aromatic N) is 1. The number of aromatic carboxylic acids is 1. The van der Waals surface area contributed by atoms with Gasteiger partial charge >= 0.3 is 5.97 Å². The molecule has 0 saturated heterocycles. The molecule has 7 heteroatoms.